The van der Waals surface area contributed by atoms with Gasteiger partial charge in [0.2, 0.25) is 0 Å². The van der Waals surface area contributed by atoms with Gasteiger partial charge in [0, 0.05) is 19.3 Å². The molecule has 1 aliphatic rings. The Hall–Kier alpha value is -0.930. The minimum atomic E-state index is -0.185. The van der Waals surface area contributed by atoms with Crippen LogP contribution in [0.1, 0.15) is 24.6 Å². The second-order valence-electron chi connectivity index (χ2n) is 4.79. The summed E-state index contributed by atoms with van der Waals surface area (Å²) in [6, 6.07) is 4.08. The second-order valence-corrected chi connectivity index (χ2v) is 4.79. The van der Waals surface area contributed by atoms with Crippen molar-refractivity contribution in [3.63, 3.8) is 0 Å². The molecule has 16 heavy (non-hydrogen) atoms. The van der Waals surface area contributed by atoms with Gasteiger partial charge in [0.15, 0.2) is 0 Å². The smallest absolute Gasteiger partial charge is 0.0573 e. The van der Waals surface area contributed by atoms with Crippen LogP contribution in [0.4, 0.5) is 0 Å². The molecule has 0 amide bonds. The van der Waals surface area contributed by atoms with Crippen molar-refractivity contribution >= 4 is 0 Å². The lowest BCUT2D eigenvalue weighted by molar-refractivity contribution is 0.127. The zero-order valence-electron chi connectivity index (χ0n) is 10.1. The maximum Gasteiger partial charge on any atom is 0.0573 e. The van der Waals surface area contributed by atoms with Crippen LogP contribution in [0.15, 0.2) is 18.3 Å². The van der Waals surface area contributed by atoms with Crippen LogP contribution in [0.5, 0.6) is 0 Å². The number of rotatable bonds is 3. The van der Waals surface area contributed by atoms with E-state index in [1.165, 1.54) is 5.56 Å². The van der Waals surface area contributed by atoms with Crippen LogP contribution < -0.4 is 0 Å². The number of hydrogen-bond acceptors (Lipinski definition) is 3. The van der Waals surface area contributed by atoms with Crippen molar-refractivity contribution in [1.29, 1.82) is 0 Å². The predicted molar refractivity (Wildman–Crippen MR) is 64.0 cm³/mol. The Morgan fingerprint density at radius 2 is 2.44 bits per heavy atom. The predicted octanol–water partition coefficient (Wildman–Crippen LogP) is 1.59. The lowest BCUT2D eigenvalue weighted by Crippen LogP contribution is -2.24. The molecule has 0 aromatic carbocycles. The van der Waals surface area contributed by atoms with Crippen molar-refractivity contribution in [3.8, 4) is 0 Å². The molecule has 2 unspecified atom stereocenters. The second kappa shape index (κ2) is 4.93. The van der Waals surface area contributed by atoms with Crippen LogP contribution in [-0.4, -0.2) is 34.2 Å². The van der Waals surface area contributed by atoms with Gasteiger partial charge in [-0.25, -0.2) is 0 Å². The number of aliphatic hydroxyl groups excluding tert-OH is 1. The van der Waals surface area contributed by atoms with Crippen molar-refractivity contribution in [1.82, 2.24) is 9.88 Å². The molecule has 2 rings (SSSR count). The van der Waals surface area contributed by atoms with E-state index in [9.17, 15) is 5.11 Å². The normalized spacial score (nSPS) is 23.6. The molecular weight excluding hydrogens is 200 g/mol. The summed E-state index contributed by atoms with van der Waals surface area (Å²) < 4.78 is 0. The Kier molecular flexibility index (Phi) is 3.56. The largest absolute Gasteiger partial charge is 0.393 e. The summed E-state index contributed by atoms with van der Waals surface area (Å²) in [6.07, 6.45) is 2.77. The van der Waals surface area contributed by atoms with E-state index in [1.807, 2.05) is 19.2 Å². The highest BCUT2D eigenvalue weighted by Gasteiger charge is 2.26. The van der Waals surface area contributed by atoms with E-state index in [4.69, 9.17) is 0 Å². The Bertz CT molecular complexity index is 352. The number of aliphatic hydroxyl groups is 1. The molecule has 3 nitrogen and oxygen atoms in total. The number of hydrogen-bond donors (Lipinski definition) is 1. The Morgan fingerprint density at radius 1 is 1.62 bits per heavy atom. The Labute approximate surface area is 97.1 Å². The Morgan fingerprint density at radius 3 is 3.06 bits per heavy atom. The van der Waals surface area contributed by atoms with E-state index in [1.54, 1.807) is 0 Å². The van der Waals surface area contributed by atoms with Crippen LogP contribution in [0.3, 0.4) is 0 Å². The van der Waals surface area contributed by atoms with Crippen molar-refractivity contribution in [2.24, 2.45) is 5.92 Å². The summed E-state index contributed by atoms with van der Waals surface area (Å²) in [5.74, 6) is 0.434. The fourth-order valence-corrected chi connectivity index (χ4v) is 2.30. The maximum absolute atomic E-state index is 9.55. The highest BCUT2D eigenvalue weighted by Crippen LogP contribution is 2.21. The van der Waals surface area contributed by atoms with Crippen LogP contribution >= 0.6 is 0 Å². The summed E-state index contributed by atoms with van der Waals surface area (Å²) in [7, 11) is 0. The molecule has 0 bridgehead atoms. The van der Waals surface area contributed by atoms with E-state index >= 15 is 0 Å². The summed E-state index contributed by atoms with van der Waals surface area (Å²) in [5.41, 5.74) is 2.41. The molecule has 0 aliphatic carbocycles. The molecule has 1 aromatic rings. The van der Waals surface area contributed by atoms with Gasteiger partial charge >= 0.3 is 0 Å². The molecule has 3 heteroatoms. The molecule has 1 N–H and O–H groups in total. The zero-order chi connectivity index (χ0) is 11.5. The topological polar surface area (TPSA) is 36.4 Å². The fraction of sp³-hybridized carbons (Fsp3) is 0.615. The minimum absolute atomic E-state index is 0.185. The third-order valence-corrected chi connectivity index (χ3v) is 3.48. The van der Waals surface area contributed by atoms with Crippen LogP contribution in [0, 0.1) is 12.8 Å². The molecule has 0 spiro atoms. The van der Waals surface area contributed by atoms with Gasteiger partial charge in [-0.05, 0) is 44.4 Å². The number of pyridine rings is 1. The molecule has 2 atom stereocenters. The highest BCUT2D eigenvalue weighted by molar-refractivity contribution is 5.17. The SMILES string of the molecule is Cc1cccnc1CN1CCC(C(C)O)C1. The number of aryl methyl sites for hydroxylation is 1. The molecule has 0 radical (unpaired) electrons. The molecule has 88 valence electrons. The van der Waals surface area contributed by atoms with E-state index in [-0.39, 0.29) is 6.10 Å². The lowest BCUT2D eigenvalue weighted by atomic mass is 10.0. The van der Waals surface area contributed by atoms with Crippen LogP contribution in [0.25, 0.3) is 0 Å². The first kappa shape index (κ1) is 11.6. The maximum atomic E-state index is 9.55. The molecule has 1 saturated heterocycles. The molecule has 1 aliphatic heterocycles. The van der Waals surface area contributed by atoms with Gasteiger partial charge in [0.05, 0.1) is 11.8 Å². The average molecular weight is 220 g/mol. The fourth-order valence-electron chi connectivity index (χ4n) is 2.30. The Balaban J connectivity index is 1.95. The van der Waals surface area contributed by atoms with Gasteiger partial charge in [0.1, 0.15) is 0 Å². The third-order valence-electron chi connectivity index (χ3n) is 3.48. The van der Waals surface area contributed by atoms with E-state index in [0.717, 1.165) is 31.7 Å². The number of likely N-dealkylation sites (tertiary alicyclic amines) is 1. The first-order chi connectivity index (χ1) is 7.66. The first-order valence-electron chi connectivity index (χ1n) is 5.97. The molecule has 2 heterocycles. The van der Waals surface area contributed by atoms with Gasteiger partial charge in [-0.1, -0.05) is 6.07 Å². The minimum Gasteiger partial charge on any atom is -0.393 e. The number of nitrogens with zero attached hydrogens (tertiary/aromatic N) is 2. The van der Waals surface area contributed by atoms with Crippen molar-refractivity contribution < 1.29 is 5.11 Å². The molecule has 0 saturated carbocycles. The molecular formula is C13H20N2O. The van der Waals surface area contributed by atoms with E-state index in [2.05, 4.69) is 22.9 Å². The summed E-state index contributed by atoms with van der Waals surface area (Å²) in [5, 5.41) is 9.55. The van der Waals surface area contributed by atoms with Crippen LogP contribution in [0.2, 0.25) is 0 Å². The zero-order valence-corrected chi connectivity index (χ0v) is 10.1. The van der Waals surface area contributed by atoms with Gasteiger partial charge in [-0.15, -0.1) is 0 Å². The van der Waals surface area contributed by atoms with Gasteiger partial charge < -0.3 is 5.11 Å². The van der Waals surface area contributed by atoms with Gasteiger partial charge in [-0.2, -0.15) is 0 Å². The lowest BCUT2D eigenvalue weighted by Gasteiger charge is -2.17. The summed E-state index contributed by atoms with van der Waals surface area (Å²) in [6.45, 7) is 6.97. The summed E-state index contributed by atoms with van der Waals surface area (Å²) >= 11 is 0. The first-order valence-corrected chi connectivity index (χ1v) is 5.97. The van der Waals surface area contributed by atoms with Crippen molar-refractivity contribution in [2.45, 2.75) is 32.9 Å². The van der Waals surface area contributed by atoms with Crippen molar-refractivity contribution in [3.05, 3.63) is 29.6 Å². The average Bonchev–Trinajstić information content (AvgIpc) is 2.70. The molecule has 1 aromatic heterocycles. The highest BCUT2D eigenvalue weighted by atomic mass is 16.3. The van der Waals surface area contributed by atoms with Crippen molar-refractivity contribution in [2.75, 3.05) is 13.1 Å². The van der Waals surface area contributed by atoms with Gasteiger partial charge in [-0.3, -0.25) is 9.88 Å². The molecule has 1 fully saturated rings. The van der Waals surface area contributed by atoms with E-state index < -0.39 is 0 Å². The van der Waals surface area contributed by atoms with E-state index in [0.29, 0.717) is 5.92 Å². The quantitative estimate of drug-likeness (QED) is 0.840. The number of aromatic nitrogens is 1. The monoisotopic (exact) mass is 220 g/mol. The van der Waals surface area contributed by atoms with Gasteiger partial charge in [0.25, 0.3) is 0 Å². The van der Waals surface area contributed by atoms with Crippen LogP contribution in [-0.2, 0) is 6.54 Å². The third kappa shape index (κ3) is 2.60. The standard InChI is InChI=1S/C13H20N2O/c1-10-4-3-6-14-13(10)9-15-7-5-12(8-15)11(2)16/h3-4,6,11-12,16H,5,7-9H2,1-2H3. The summed E-state index contributed by atoms with van der Waals surface area (Å²) in [4.78, 5) is 6.79.